The van der Waals surface area contributed by atoms with E-state index in [1.165, 1.54) is 51.4 Å². The van der Waals surface area contributed by atoms with Crippen LogP contribution in [0.25, 0.3) is 0 Å². The van der Waals surface area contributed by atoms with Gasteiger partial charge in [0, 0.05) is 6.92 Å². The Morgan fingerprint density at radius 2 is 0.905 bits per heavy atom. The second-order valence-electron chi connectivity index (χ2n) is 6.43. The summed E-state index contributed by atoms with van der Waals surface area (Å²) in [6.07, 6.45) is 11.8. The van der Waals surface area contributed by atoms with Gasteiger partial charge in [-0.2, -0.15) is 0 Å². The van der Waals surface area contributed by atoms with Crippen LogP contribution in [-0.2, 0) is 4.79 Å². The molecule has 0 aromatic rings. The monoisotopic (exact) mass is 408 g/mol. The Labute approximate surface area is 138 Å². The Kier molecular flexibility index (Phi) is 18.6. The Morgan fingerprint density at radius 3 is 1.05 bits per heavy atom. The molecule has 0 bridgehead atoms. The molecule has 0 aromatic heterocycles. The van der Waals surface area contributed by atoms with E-state index < -0.39 is 24.3 Å². The van der Waals surface area contributed by atoms with Gasteiger partial charge in [-0.15, -0.1) is 0 Å². The third-order valence-electron chi connectivity index (χ3n) is 4.24. The fourth-order valence-corrected chi connectivity index (χ4v) is 19.8. The summed E-state index contributed by atoms with van der Waals surface area (Å²) in [7, 11) is 0. The average Bonchev–Trinajstić information content (AvgIpc) is 2.45. The Bertz CT molecular complexity index is 188. The zero-order valence-electron chi connectivity index (χ0n) is 15.3. The van der Waals surface area contributed by atoms with E-state index in [0.29, 0.717) is 0 Å². The van der Waals surface area contributed by atoms with Gasteiger partial charge in [0.05, 0.1) is 0 Å². The number of unbranched alkanes of at least 4 members (excludes halogenated alkanes) is 4. The van der Waals surface area contributed by atoms with Crippen molar-refractivity contribution in [2.75, 3.05) is 0 Å². The summed E-state index contributed by atoms with van der Waals surface area (Å²) in [4.78, 5) is 9.00. The maximum absolute atomic E-state index is 9.00. The van der Waals surface area contributed by atoms with E-state index in [2.05, 4.69) is 27.7 Å². The Hall–Kier alpha value is 0.269. The predicted molar refractivity (Wildman–Crippen MR) is 97.9 cm³/mol. The third-order valence-corrected chi connectivity index (χ3v) is 20.4. The quantitative estimate of drug-likeness (QED) is 0.365. The summed E-state index contributed by atoms with van der Waals surface area (Å²) >= 11 is -1.69. The molecular weight excluding hydrogens is 367 g/mol. The van der Waals surface area contributed by atoms with Crippen LogP contribution in [0.2, 0.25) is 17.7 Å². The summed E-state index contributed by atoms with van der Waals surface area (Å²) in [5, 5.41) is 7.42. The van der Waals surface area contributed by atoms with Gasteiger partial charge in [0.25, 0.3) is 5.97 Å². The van der Waals surface area contributed by atoms with Crippen LogP contribution in [0.4, 0.5) is 0 Å². The van der Waals surface area contributed by atoms with Crippen molar-refractivity contribution in [3.05, 3.63) is 0 Å². The van der Waals surface area contributed by atoms with E-state index >= 15 is 0 Å². The molecule has 0 saturated carbocycles. The molecular formula is C18H40O2Sn. The fourth-order valence-electron chi connectivity index (χ4n) is 2.96. The van der Waals surface area contributed by atoms with Gasteiger partial charge in [0.1, 0.15) is 0 Å². The molecule has 2 nitrogen and oxygen atoms in total. The number of hydrogen-bond donors (Lipinski definition) is 1. The van der Waals surface area contributed by atoms with Crippen molar-refractivity contribution in [2.24, 2.45) is 0 Å². The van der Waals surface area contributed by atoms with Crippen LogP contribution in [0.1, 0.15) is 86.0 Å². The molecule has 0 heterocycles. The number of carboxylic acids is 1. The fraction of sp³-hybridized carbons (Fsp3) is 0.944. The van der Waals surface area contributed by atoms with Crippen LogP contribution >= 0.6 is 0 Å². The molecule has 0 aliphatic rings. The summed E-state index contributed by atoms with van der Waals surface area (Å²) in [6.45, 7) is 10.6. The number of rotatable bonds is 12. The molecule has 0 unspecified atom stereocenters. The molecule has 0 saturated heterocycles. The van der Waals surface area contributed by atoms with E-state index in [9.17, 15) is 0 Å². The van der Waals surface area contributed by atoms with Gasteiger partial charge < -0.3 is 5.11 Å². The van der Waals surface area contributed by atoms with Crippen LogP contribution in [0.15, 0.2) is 0 Å². The topological polar surface area (TPSA) is 37.3 Å². The van der Waals surface area contributed by atoms with E-state index in [0.717, 1.165) is 6.92 Å². The summed E-state index contributed by atoms with van der Waals surface area (Å²) in [5.41, 5.74) is 0. The van der Waals surface area contributed by atoms with Crippen molar-refractivity contribution in [1.82, 2.24) is 0 Å². The van der Waals surface area contributed by atoms with E-state index in [4.69, 9.17) is 9.90 Å². The third kappa shape index (κ3) is 16.5. The number of carboxylic acid groups (broad SMARTS) is 1. The van der Waals surface area contributed by atoms with Crippen molar-refractivity contribution in [2.45, 2.75) is 104 Å². The van der Waals surface area contributed by atoms with Crippen molar-refractivity contribution < 1.29 is 9.90 Å². The first-order chi connectivity index (χ1) is 9.97. The Balaban J connectivity index is 0. The predicted octanol–water partition coefficient (Wildman–Crippen LogP) is 6.73. The number of aliphatic carboxylic acids is 1. The van der Waals surface area contributed by atoms with Crippen LogP contribution in [0.5, 0.6) is 0 Å². The first kappa shape index (κ1) is 23.5. The number of hydrogen-bond acceptors (Lipinski definition) is 1. The zero-order valence-corrected chi connectivity index (χ0v) is 18.2. The molecule has 0 rings (SSSR count). The van der Waals surface area contributed by atoms with Gasteiger partial charge in [-0.05, 0) is 0 Å². The molecule has 128 valence electrons. The van der Waals surface area contributed by atoms with Gasteiger partial charge >= 0.3 is 115 Å². The van der Waals surface area contributed by atoms with Crippen molar-refractivity contribution in [1.29, 1.82) is 0 Å². The SMILES string of the molecule is CC(=O)O.CCC[CH2][Sn]([CH2]CCC)([CH2]CCC)[CH2]CCC. The molecule has 0 atom stereocenters. The van der Waals surface area contributed by atoms with E-state index in [1.807, 2.05) is 0 Å². The molecule has 0 amide bonds. The van der Waals surface area contributed by atoms with Gasteiger partial charge in [0.2, 0.25) is 0 Å². The minimum atomic E-state index is -1.69. The molecule has 3 heteroatoms. The molecule has 1 N–H and O–H groups in total. The first-order valence-electron chi connectivity index (χ1n) is 9.17. The molecule has 0 aliphatic heterocycles. The normalized spacial score (nSPS) is 10.9. The van der Waals surface area contributed by atoms with Crippen LogP contribution in [0.3, 0.4) is 0 Å². The van der Waals surface area contributed by atoms with Crippen LogP contribution in [-0.4, -0.2) is 29.5 Å². The van der Waals surface area contributed by atoms with Gasteiger partial charge in [-0.1, -0.05) is 0 Å². The second-order valence-corrected chi connectivity index (χ2v) is 20.7. The van der Waals surface area contributed by atoms with Gasteiger partial charge in [-0.25, -0.2) is 0 Å². The second kappa shape index (κ2) is 16.6. The summed E-state index contributed by atoms with van der Waals surface area (Å²) in [5.74, 6) is -0.833. The molecule has 0 radical (unpaired) electrons. The van der Waals surface area contributed by atoms with Crippen LogP contribution < -0.4 is 0 Å². The van der Waals surface area contributed by atoms with Gasteiger partial charge in [-0.3, -0.25) is 4.79 Å². The van der Waals surface area contributed by atoms with Crippen molar-refractivity contribution >= 4 is 24.3 Å². The van der Waals surface area contributed by atoms with Gasteiger partial charge in [0.15, 0.2) is 0 Å². The molecule has 0 spiro atoms. The average molecular weight is 407 g/mol. The minimum absolute atomic E-state index is 0.833. The zero-order chi connectivity index (χ0) is 16.6. The standard InChI is InChI=1S/4C4H9.C2H4O2.Sn/c4*1-3-4-2;1-2(3)4;/h4*1,3-4H2,2H3;1H3,(H,3,4);. The first-order valence-corrected chi connectivity index (χ1v) is 17.2. The van der Waals surface area contributed by atoms with E-state index in [-0.39, 0.29) is 0 Å². The van der Waals surface area contributed by atoms with Crippen LogP contribution in [0, 0.1) is 0 Å². The van der Waals surface area contributed by atoms with Crippen molar-refractivity contribution in [3.63, 3.8) is 0 Å². The maximum atomic E-state index is 9.00. The molecule has 0 aliphatic carbocycles. The molecule has 21 heavy (non-hydrogen) atoms. The number of carbonyl (C=O) groups is 1. The molecule has 0 fully saturated rings. The Morgan fingerprint density at radius 1 is 0.714 bits per heavy atom. The summed E-state index contributed by atoms with van der Waals surface area (Å²) < 4.78 is 6.80. The van der Waals surface area contributed by atoms with Crippen molar-refractivity contribution in [3.8, 4) is 0 Å². The van der Waals surface area contributed by atoms with E-state index in [1.54, 1.807) is 17.7 Å². The molecule has 0 aromatic carbocycles. The summed E-state index contributed by atoms with van der Waals surface area (Å²) in [6, 6.07) is 0.